The second-order valence-electron chi connectivity index (χ2n) is 4.80. The normalized spacial score (nSPS) is 9.71. The second-order valence-corrected chi connectivity index (χ2v) is 4.80. The first-order chi connectivity index (χ1) is 12.2. The van der Waals surface area contributed by atoms with Gasteiger partial charge in [-0.05, 0) is 35.4 Å². The molecule has 4 N–H and O–H groups in total. The molecule has 8 nitrogen and oxygen atoms in total. The van der Waals surface area contributed by atoms with E-state index in [-0.39, 0.29) is 70.6 Å². The molecule has 10 heteroatoms. The summed E-state index contributed by atoms with van der Waals surface area (Å²) in [6.45, 7) is 0. The smallest absolute Gasteiger partial charge is 0.870 e. The molecule has 0 heterocycles. The molecule has 0 unspecified atom stereocenters. The van der Waals surface area contributed by atoms with Crippen LogP contribution < -0.4 is 69.3 Å². The molecule has 0 bridgehead atoms. The van der Waals surface area contributed by atoms with Gasteiger partial charge in [0.15, 0.2) is 0 Å². The first kappa shape index (κ1) is 28.3. The minimum atomic E-state index is -1.08. The van der Waals surface area contributed by atoms with Gasteiger partial charge in [0.05, 0.1) is 0 Å². The summed E-state index contributed by atoms with van der Waals surface area (Å²) in [7, 11) is 0. The molecule has 0 radical (unpaired) electrons. The zero-order valence-electron chi connectivity index (χ0n) is 15.2. The fraction of sp³-hybridized carbons (Fsp3) is 0. The average Bonchev–Trinajstić information content (AvgIpc) is 2.57. The Hall–Kier alpha value is -1.94. The van der Waals surface area contributed by atoms with Crippen molar-refractivity contribution in [2.45, 2.75) is 0 Å². The first-order valence-electron chi connectivity index (χ1n) is 7.01. The third-order valence-electron chi connectivity index (χ3n) is 2.80. The third kappa shape index (κ3) is 11.0. The minimum absolute atomic E-state index is 0. The van der Waals surface area contributed by atoms with Crippen LogP contribution in [0.5, 0.6) is 23.0 Å². The number of carboxylic acid groups (broad SMARTS) is 2. The summed E-state index contributed by atoms with van der Waals surface area (Å²) in [6, 6.07) is 7.64. The summed E-state index contributed by atoms with van der Waals surface area (Å²) < 4.78 is 0. The molecule has 2 aromatic rings. The Morgan fingerprint density at radius 2 is 1.04 bits per heavy atom. The van der Waals surface area contributed by atoms with Gasteiger partial charge < -0.3 is 30.6 Å². The van der Waals surface area contributed by atoms with Gasteiger partial charge in [-0.3, -0.25) is 0 Å². The van der Waals surface area contributed by atoms with Crippen LogP contribution in [0.4, 0.5) is 0 Å². The number of phenols is 2. The Morgan fingerprint density at radius 1 is 0.714 bits per heavy atom. The summed E-state index contributed by atoms with van der Waals surface area (Å²) in [5, 5.41) is 56.0. The SMILES string of the molecule is O=C(O)/C=C/c1ccc([O-])c(O)c1.O=C(O)/C=C/c1ccc([O-])c(O)c1.[Na+].[Na+]. The zero-order valence-corrected chi connectivity index (χ0v) is 19.2. The van der Waals surface area contributed by atoms with Crippen molar-refractivity contribution in [3.05, 3.63) is 59.7 Å². The van der Waals surface area contributed by atoms with Crippen LogP contribution in [0.15, 0.2) is 48.6 Å². The van der Waals surface area contributed by atoms with Crippen LogP contribution in [0, 0.1) is 0 Å². The van der Waals surface area contributed by atoms with Gasteiger partial charge in [-0.25, -0.2) is 9.59 Å². The van der Waals surface area contributed by atoms with Crippen molar-refractivity contribution < 1.29 is 99.3 Å². The fourth-order valence-corrected chi connectivity index (χ4v) is 1.61. The number of aromatic hydroxyl groups is 2. The van der Waals surface area contributed by atoms with Crippen LogP contribution in [0.25, 0.3) is 12.2 Å². The predicted molar refractivity (Wildman–Crippen MR) is 88.4 cm³/mol. The molecule has 2 rings (SSSR count). The van der Waals surface area contributed by atoms with Crippen LogP contribution in [-0.2, 0) is 9.59 Å². The Bertz CT molecular complexity index is 791. The van der Waals surface area contributed by atoms with Crippen molar-refractivity contribution in [2.75, 3.05) is 0 Å². The molecule has 0 aliphatic carbocycles. The Labute approximate surface area is 204 Å². The van der Waals surface area contributed by atoms with E-state index in [9.17, 15) is 19.8 Å². The zero-order chi connectivity index (χ0) is 19.7. The maximum absolute atomic E-state index is 10.7. The number of hydrogen-bond acceptors (Lipinski definition) is 6. The van der Waals surface area contributed by atoms with Gasteiger partial charge in [0.1, 0.15) is 11.5 Å². The molecule has 0 saturated carbocycles. The van der Waals surface area contributed by atoms with Crippen LogP contribution in [0.2, 0.25) is 0 Å². The van der Waals surface area contributed by atoms with Crippen molar-refractivity contribution in [2.24, 2.45) is 0 Å². The van der Waals surface area contributed by atoms with Gasteiger partial charge >= 0.3 is 71.1 Å². The first-order valence-corrected chi connectivity index (χ1v) is 7.01. The molecule has 0 fully saturated rings. The number of rotatable bonds is 4. The number of carbonyl (C=O) groups is 2. The minimum Gasteiger partial charge on any atom is -0.870 e. The Kier molecular flexibility index (Phi) is 14.3. The van der Waals surface area contributed by atoms with Crippen molar-refractivity contribution in [1.29, 1.82) is 0 Å². The predicted octanol–water partition coefficient (Wildman–Crippen LogP) is -4.86. The van der Waals surface area contributed by atoms with E-state index in [1.807, 2.05) is 0 Å². The molecule has 0 atom stereocenters. The van der Waals surface area contributed by atoms with Crippen molar-refractivity contribution in [3.8, 4) is 23.0 Å². The fourth-order valence-electron chi connectivity index (χ4n) is 1.61. The van der Waals surface area contributed by atoms with Gasteiger partial charge in [0, 0.05) is 12.2 Å². The summed E-state index contributed by atoms with van der Waals surface area (Å²) >= 11 is 0. The molecule has 2 aromatic carbocycles. The average molecular weight is 404 g/mol. The standard InChI is InChI=1S/2C9H8O4.2Na/c2*10-7-3-1-6(5-8(7)11)2-4-9(12)13;;/h2*1-5,10-11H,(H,12,13);;/q;;2*+1/p-2/b2*4-2+;;. The summed E-state index contributed by atoms with van der Waals surface area (Å²) in [5.41, 5.74) is 0.944. The van der Waals surface area contributed by atoms with E-state index < -0.39 is 23.4 Å². The molecule has 0 saturated heterocycles. The van der Waals surface area contributed by atoms with Crippen LogP contribution >= 0.6 is 0 Å². The van der Waals surface area contributed by atoms with Gasteiger partial charge in [-0.15, -0.1) is 0 Å². The Morgan fingerprint density at radius 3 is 1.29 bits per heavy atom. The van der Waals surface area contributed by atoms with Crippen LogP contribution in [-0.4, -0.2) is 32.4 Å². The van der Waals surface area contributed by atoms with Crippen LogP contribution in [0.1, 0.15) is 11.1 Å². The summed E-state index contributed by atoms with van der Waals surface area (Å²) in [5.74, 6) is -3.88. The molecule has 0 aromatic heterocycles. The van der Waals surface area contributed by atoms with E-state index >= 15 is 0 Å². The van der Waals surface area contributed by atoms with Gasteiger partial charge in [-0.2, -0.15) is 0 Å². The topological polar surface area (TPSA) is 161 Å². The maximum Gasteiger partial charge on any atom is 1.00 e. The van der Waals surface area contributed by atoms with E-state index in [4.69, 9.17) is 20.4 Å². The summed E-state index contributed by atoms with van der Waals surface area (Å²) in [6.07, 6.45) is 4.45. The molecule has 136 valence electrons. The number of phenolic OH excluding ortho intramolecular Hbond substituents is 2. The summed E-state index contributed by atoms with van der Waals surface area (Å²) in [4.78, 5) is 20.2. The van der Waals surface area contributed by atoms with E-state index in [0.717, 1.165) is 12.2 Å². The third-order valence-corrected chi connectivity index (χ3v) is 2.80. The van der Waals surface area contributed by atoms with Crippen molar-refractivity contribution in [1.82, 2.24) is 0 Å². The number of benzene rings is 2. The maximum atomic E-state index is 10.7. The van der Waals surface area contributed by atoms with E-state index in [1.165, 1.54) is 48.6 Å². The monoisotopic (exact) mass is 404 g/mol. The van der Waals surface area contributed by atoms with Gasteiger partial charge in [0.25, 0.3) is 0 Å². The van der Waals surface area contributed by atoms with E-state index in [2.05, 4.69) is 0 Å². The molecule has 28 heavy (non-hydrogen) atoms. The molecule has 0 aliphatic heterocycles. The molecule has 0 aliphatic rings. The van der Waals surface area contributed by atoms with Crippen molar-refractivity contribution >= 4 is 24.1 Å². The number of hydrogen-bond donors (Lipinski definition) is 4. The Balaban J connectivity index is 0. The van der Waals surface area contributed by atoms with E-state index in [1.54, 1.807) is 0 Å². The van der Waals surface area contributed by atoms with Gasteiger partial charge in [-0.1, -0.05) is 35.8 Å². The van der Waals surface area contributed by atoms with Gasteiger partial charge in [0.2, 0.25) is 0 Å². The molecular formula is C18H14Na2O8. The number of carboxylic acids is 2. The molecule has 0 amide bonds. The molecular weight excluding hydrogens is 390 g/mol. The van der Waals surface area contributed by atoms with Crippen LogP contribution in [0.3, 0.4) is 0 Å². The second kappa shape index (κ2) is 14.1. The van der Waals surface area contributed by atoms with Crippen molar-refractivity contribution in [3.63, 3.8) is 0 Å². The van der Waals surface area contributed by atoms with E-state index in [0.29, 0.717) is 11.1 Å². The largest absolute Gasteiger partial charge is 1.00 e. The number of aliphatic carboxylic acids is 2. The molecule has 0 spiro atoms. The quantitative estimate of drug-likeness (QED) is 0.291.